The van der Waals surface area contributed by atoms with Gasteiger partial charge in [-0.1, -0.05) is 40.5 Å². The molecule has 1 aliphatic rings. The first-order valence-corrected chi connectivity index (χ1v) is 6.87. The molecule has 0 bridgehead atoms. The third kappa shape index (κ3) is 4.06. The molecule has 0 heterocycles. The molecule has 0 aromatic carbocycles. The van der Waals surface area contributed by atoms with Crippen molar-refractivity contribution in [1.29, 1.82) is 0 Å². The minimum atomic E-state index is -0.178. The van der Waals surface area contributed by atoms with E-state index < -0.39 is 0 Å². The summed E-state index contributed by atoms with van der Waals surface area (Å²) in [7, 11) is 0. The fraction of sp³-hybridized carbons (Fsp3) is 1.00. The first kappa shape index (κ1) is 14.0. The molecule has 0 saturated heterocycles. The van der Waals surface area contributed by atoms with E-state index in [1.54, 1.807) is 0 Å². The topological polar surface area (TPSA) is 23.5 Å². The number of aliphatic hydroxyl groups is 1. The second-order valence-electron chi connectivity index (χ2n) is 6.24. The Kier molecular flexibility index (Phi) is 5.26. The van der Waals surface area contributed by atoms with Crippen LogP contribution in [0.4, 0.5) is 0 Å². The maximum absolute atomic E-state index is 10.0. The minimum absolute atomic E-state index is 0.0229. The van der Waals surface area contributed by atoms with Gasteiger partial charge in [0.2, 0.25) is 0 Å². The van der Waals surface area contributed by atoms with Crippen LogP contribution in [0.15, 0.2) is 0 Å². The first-order chi connectivity index (χ1) is 7.45. The Hall–Kier alpha value is -0.0800. The number of hydrogen-bond acceptors (Lipinski definition) is 2. The van der Waals surface area contributed by atoms with Crippen LogP contribution < -0.4 is 0 Å². The van der Waals surface area contributed by atoms with Crippen molar-refractivity contribution < 1.29 is 5.11 Å². The quantitative estimate of drug-likeness (QED) is 0.780. The fourth-order valence-electron chi connectivity index (χ4n) is 2.59. The van der Waals surface area contributed by atoms with Crippen LogP contribution in [0.2, 0.25) is 0 Å². The van der Waals surface area contributed by atoms with Crippen molar-refractivity contribution >= 4 is 0 Å². The molecule has 0 radical (unpaired) electrons. The molecule has 1 saturated carbocycles. The van der Waals surface area contributed by atoms with Crippen LogP contribution in [-0.2, 0) is 0 Å². The molecule has 96 valence electrons. The van der Waals surface area contributed by atoms with E-state index in [-0.39, 0.29) is 11.5 Å². The minimum Gasteiger partial charge on any atom is -0.393 e. The number of rotatable bonds is 5. The molecule has 1 fully saturated rings. The van der Waals surface area contributed by atoms with Gasteiger partial charge < -0.3 is 10.0 Å². The van der Waals surface area contributed by atoms with Gasteiger partial charge in [0, 0.05) is 12.6 Å². The van der Waals surface area contributed by atoms with E-state index in [2.05, 4.69) is 32.6 Å². The molecule has 1 atom stereocenters. The van der Waals surface area contributed by atoms with Crippen molar-refractivity contribution in [2.75, 3.05) is 13.1 Å². The van der Waals surface area contributed by atoms with Gasteiger partial charge in [0.05, 0.1) is 6.10 Å². The third-order valence-corrected chi connectivity index (χ3v) is 3.94. The van der Waals surface area contributed by atoms with Gasteiger partial charge in [-0.3, -0.25) is 0 Å². The lowest BCUT2D eigenvalue weighted by molar-refractivity contribution is 0.0415. The Morgan fingerprint density at radius 3 is 2.25 bits per heavy atom. The highest BCUT2D eigenvalue weighted by molar-refractivity contribution is 4.79. The zero-order chi connectivity index (χ0) is 12.2. The molecule has 0 aromatic rings. The lowest BCUT2D eigenvalue weighted by atomic mass is 9.87. The zero-order valence-corrected chi connectivity index (χ0v) is 11.5. The summed E-state index contributed by atoms with van der Waals surface area (Å²) in [6.45, 7) is 10.8. The predicted molar refractivity (Wildman–Crippen MR) is 69.6 cm³/mol. The summed E-state index contributed by atoms with van der Waals surface area (Å²) in [6, 6.07) is 0.789. The maximum Gasteiger partial charge on any atom is 0.0600 e. The number of aliphatic hydroxyl groups excluding tert-OH is 1. The summed E-state index contributed by atoms with van der Waals surface area (Å²) < 4.78 is 0. The number of hydrogen-bond donors (Lipinski definition) is 1. The fourth-order valence-corrected chi connectivity index (χ4v) is 2.59. The van der Waals surface area contributed by atoms with Crippen LogP contribution >= 0.6 is 0 Å². The Morgan fingerprint density at radius 2 is 1.81 bits per heavy atom. The van der Waals surface area contributed by atoms with Gasteiger partial charge in [-0.15, -0.1) is 0 Å². The van der Waals surface area contributed by atoms with Gasteiger partial charge >= 0.3 is 0 Å². The Morgan fingerprint density at radius 1 is 1.25 bits per heavy atom. The Bertz CT molecular complexity index is 191. The van der Waals surface area contributed by atoms with Gasteiger partial charge in [0.1, 0.15) is 0 Å². The molecular formula is C14H29NO. The Labute approximate surface area is 101 Å². The van der Waals surface area contributed by atoms with Crippen molar-refractivity contribution in [3.05, 3.63) is 0 Å². The van der Waals surface area contributed by atoms with Gasteiger partial charge in [-0.25, -0.2) is 0 Å². The SMILES string of the molecule is CCN(CCC(O)C(C)(C)C)C1CCCC1. The van der Waals surface area contributed by atoms with Crippen LogP contribution in [0.5, 0.6) is 0 Å². The first-order valence-electron chi connectivity index (χ1n) is 6.87. The molecule has 2 nitrogen and oxygen atoms in total. The molecule has 0 spiro atoms. The Balaban J connectivity index is 2.33. The van der Waals surface area contributed by atoms with Crippen LogP contribution in [0.1, 0.15) is 59.8 Å². The monoisotopic (exact) mass is 227 g/mol. The average Bonchev–Trinajstić information content (AvgIpc) is 2.70. The van der Waals surface area contributed by atoms with Crippen molar-refractivity contribution in [1.82, 2.24) is 4.90 Å². The van der Waals surface area contributed by atoms with Crippen molar-refractivity contribution in [3.63, 3.8) is 0 Å². The summed E-state index contributed by atoms with van der Waals surface area (Å²) >= 11 is 0. The molecule has 1 unspecified atom stereocenters. The van der Waals surface area contributed by atoms with E-state index in [9.17, 15) is 5.11 Å². The lowest BCUT2D eigenvalue weighted by Gasteiger charge is -2.31. The van der Waals surface area contributed by atoms with Gasteiger partial charge in [-0.2, -0.15) is 0 Å². The summed E-state index contributed by atoms with van der Waals surface area (Å²) in [5, 5.41) is 10.0. The van der Waals surface area contributed by atoms with E-state index in [1.165, 1.54) is 25.7 Å². The molecule has 2 heteroatoms. The van der Waals surface area contributed by atoms with Gasteiger partial charge in [-0.05, 0) is 31.2 Å². The number of nitrogens with zero attached hydrogens (tertiary/aromatic N) is 1. The van der Waals surface area contributed by atoms with E-state index in [4.69, 9.17) is 0 Å². The molecule has 1 N–H and O–H groups in total. The summed E-state index contributed by atoms with van der Waals surface area (Å²) in [5.41, 5.74) is 0.0229. The standard InChI is InChI=1S/C14H29NO/c1-5-15(12-8-6-7-9-12)11-10-13(16)14(2,3)4/h12-13,16H,5-11H2,1-4H3. The van der Waals surface area contributed by atoms with Gasteiger partial charge in [0.15, 0.2) is 0 Å². The van der Waals surface area contributed by atoms with Crippen molar-refractivity contribution in [2.45, 2.75) is 71.9 Å². The molecule has 1 rings (SSSR count). The van der Waals surface area contributed by atoms with Crippen molar-refractivity contribution in [2.24, 2.45) is 5.41 Å². The van der Waals surface area contributed by atoms with Crippen molar-refractivity contribution in [3.8, 4) is 0 Å². The second-order valence-corrected chi connectivity index (χ2v) is 6.24. The molecule has 0 amide bonds. The summed E-state index contributed by atoms with van der Waals surface area (Å²) in [6.07, 6.45) is 6.24. The highest BCUT2D eigenvalue weighted by atomic mass is 16.3. The molecule has 16 heavy (non-hydrogen) atoms. The second kappa shape index (κ2) is 6.02. The largest absolute Gasteiger partial charge is 0.393 e. The molecule has 0 aromatic heterocycles. The van der Waals surface area contributed by atoms with Crippen LogP contribution in [0.25, 0.3) is 0 Å². The highest BCUT2D eigenvalue weighted by Crippen LogP contribution is 2.25. The predicted octanol–water partition coefficient (Wildman–Crippen LogP) is 3.05. The molecular weight excluding hydrogens is 198 g/mol. The smallest absolute Gasteiger partial charge is 0.0600 e. The lowest BCUT2D eigenvalue weighted by Crippen LogP contribution is -2.37. The van der Waals surface area contributed by atoms with E-state index in [0.717, 1.165) is 25.6 Å². The van der Waals surface area contributed by atoms with E-state index in [0.29, 0.717) is 0 Å². The average molecular weight is 227 g/mol. The van der Waals surface area contributed by atoms with Crippen LogP contribution in [-0.4, -0.2) is 35.2 Å². The van der Waals surface area contributed by atoms with E-state index in [1.807, 2.05) is 0 Å². The maximum atomic E-state index is 10.0. The zero-order valence-electron chi connectivity index (χ0n) is 11.5. The van der Waals surface area contributed by atoms with Crippen LogP contribution in [0.3, 0.4) is 0 Å². The summed E-state index contributed by atoms with van der Waals surface area (Å²) in [4.78, 5) is 2.56. The third-order valence-electron chi connectivity index (χ3n) is 3.94. The van der Waals surface area contributed by atoms with E-state index >= 15 is 0 Å². The highest BCUT2D eigenvalue weighted by Gasteiger charge is 2.25. The normalized spacial score (nSPS) is 20.6. The summed E-state index contributed by atoms with van der Waals surface area (Å²) in [5.74, 6) is 0. The van der Waals surface area contributed by atoms with Crippen LogP contribution in [0, 0.1) is 5.41 Å². The molecule has 0 aliphatic heterocycles. The van der Waals surface area contributed by atoms with Gasteiger partial charge in [0.25, 0.3) is 0 Å². The molecule has 1 aliphatic carbocycles.